The largest absolute Gasteiger partial charge is 0.390 e. The van der Waals surface area contributed by atoms with Crippen molar-refractivity contribution in [2.75, 3.05) is 6.61 Å². The molecule has 1 saturated carbocycles. The molecule has 0 spiro atoms. The van der Waals surface area contributed by atoms with E-state index >= 15 is 0 Å². The van der Waals surface area contributed by atoms with Gasteiger partial charge in [-0.2, -0.15) is 5.10 Å². The lowest BCUT2D eigenvalue weighted by molar-refractivity contribution is -0.0720. The highest BCUT2D eigenvalue weighted by atomic mass is 16.5. The molecule has 1 fully saturated rings. The topological polar surface area (TPSA) is 47.3 Å². The Bertz CT molecular complexity index is 411. The van der Waals surface area contributed by atoms with Crippen molar-refractivity contribution in [3.63, 3.8) is 0 Å². The lowest BCUT2D eigenvalue weighted by atomic mass is 9.82. The van der Waals surface area contributed by atoms with Crippen molar-refractivity contribution in [3.8, 4) is 0 Å². The normalized spacial score (nSPS) is 20.0. The SMILES string of the molecule is CCOC(C(O)Cc1cc(C)nn1C)C1CCCCC1. The summed E-state index contributed by atoms with van der Waals surface area (Å²) >= 11 is 0. The van der Waals surface area contributed by atoms with E-state index in [0.29, 0.717) is 18.9 Å². The average molecular weight is 280 g/mol. The Balaban J connectivity index is 2.02. The summed E-state index contributed by atoms with van der Waals surface area (Å²) in [7, 11) is 1.94. The van der Waals surface area contributed by atoms with Gasteiger partial charge in [0.15, 0.2) is 0 Å². The summed E-state index contributed by atoms with van der Waals surface area (Å²) in [5.74, 6) is 0.507. The molecule has 2 rings (SSSR count). The second-order valence-electron chi connectivity index (χ2n) is 5.99. The second-order valence-corrected chi connectivity index (χ2v) is 5.99. The Morgan fingerprint density at radius 2 is 2.10 bits per heavy atom. The van der Waals surface area contributed by atoms with Crippen LogP contribution in [0.25, 0.3) is 0 Å². The summed E-state index contributed by atoms with van der Waals surface area (Å²) in [5, 5.41) is 15.0. The van der Waals surface area contributed by atoms with Crippen LogP contribution in [0.3, 0.4) is 0 Å². The quantitative estimate of drug-likeness (QED) is 0.871. The van der Waals surface area contributed by atoms with Gasteiger partial charge < -0.3 is 9.84 Å². The van der Waals surface area contributed by atoms with E-state index < -0.39 is 6.10 Å². The summed E-state index contributed by atoms with van der Waals surface area (Å²) in [5.41, 5.74) is 2.08. The number of aliphatic hydroxyl groups excluding tert-OH is 1. The standard InChI is InChI=1S/C16H28N2O2/c1-4-20-16(13-8-6-5-7-9-13)15(19)11-14-10-12(2)17-18(14)3/h10,13,15-16,19H,4-9,11H2,1-3H3. The maximum absolute atomic E-state index is 10.6. The van der Waals surface area contributed by atoms with Crippen molar-refractivity contribution >= 4 is 0 Å². The summed E-state index contributed by atoms with van der Waals surface area (Å²) in [6.45, 7) is 4.66. The van der Waals surface area contributed by atoms with Crippen LogP contribution in [0, 0.1) is 12.8 Å². The van der Waals surface area contributed by atoms with Gasteiger partial charge in [-0.05, 0) is 38.7 Å². The van der Waals surface area contributed by atoms with Crippen molar-refractivity contribution in [3.05, 3.63) is 17.5 Å². The lowest BCUT2D eigenvalue weighted by Crippen LogP contribution is -2.39. The monoisotopic (exact) mass is 280 g/mol. The predicted octanol–water partition coefficient (Wildman–Crippen LogP) is 2.62. The fourth-order valence-corrected chi connectivity index (χ4v) is 3.40. The number of rotatable bonds is 6. The molecule has 1 aliphatic rings. The molecule has 1 aromatic rings. The van der Waals surface area contributed by atoms with Gasteiger partial charge in [-0.15, -0.1) is 0 Å². The number of hydrogen-bond acceptors (Lipinski definition) is 3. The van der Waals surface area contributed by atoms with Gasteiger partial charge in [-0.3, -0.25) is 4.68 Å². The molecular weight excluding hydrogens is 252 g/mol. The van der Waals surface area contributed by atoms with Gasteiger partial charge in [0.1, 0.15) is 0 Å². The van der Waals surface area contributed by atoms with Crippen LogP contribution in [0.4, 0.5) is 0 Å². The van der Waals surface area contributed by atoms with Crippen molar-refractivity contribution in [2.45, 2.75) is 64.6 Å². The maximum atomic E-state index is 10.6. The van der Waals surface area contributed by atoms with Gasteiger partial charge in [0.05, 0.1) is 17.9 Å². The van der Waals surface area contributed by atoms with Gasteiger partial charge in [-0.1, -0.05) is 19.3 Å². The highest BCUT2D eigenvalue weighted by Crippen LogP contribution is 2.30. The van der Waals surface area contributed by atoms with E-state index in [1.807, 2.05) is 31.6 Å². The Morgan fingerprint density at radius 3 is 2.65 bits per heavy atom. The molecule has 0 bridgehead atoms. The molecule has 1 aliphatic carbocycles. The third-order valence-electron chi connectivity index (χ3n) is 4.37. The molecule has 1 aromatic heterocycles. The number of aryl methyl sites for hydroxylation is 2. The molecule has 2 atom stereocenters. The van der Waals surface area contributed by atoms with Crippen LogP contribution < -0.4 is 0 Å². The Morgan fingerprint density at radius 1 is 1.40 bits per heavy atom. The molecule has 0 radical (unpaired) electrons. The second kappa shape index (κ2) is 7.23. The third kappa shape index (κ3) is 3.83. The zero-order valence-electron chi connectivity index (χ0n) is 13.0. The highest BCUT2D eigenvalue weighted by Gasteiger charge is 2.30. The molecule has 0 aliphatic heterocycles. The van der Waals surface area contributed by atoms with Crippen molar-refractivity contribution in [2.24, 2.45) is 13.0 Å². The van der Waals surface area contributed by atoms with Crippen molar-refractivity contribution in [1.82, 2.24) is 9.78 Å². The zero-order valence-corrected chi connectivity index (χ0v) is 13.0. The molecule has 4 nitrogen and oxygen atoms in total. The fourth-order valence-electron chi connectivity index (χ4n) is 3.40. The summed E-state index contributed by atoms with van der Waals surface area (Å²) < 4.78 is 7.75. The minimum atomic E-state index is -0.437. The summed E-state index contributed by atoms with van der Waals surface area (Å²) in [4.78, 5) is 0. The van der Waals surface area contributed by atoms with E-state index in [4.69, 9.17) is 4.74 Å². The first-order valence-corrected chi connectivity index (χ1v) is 7.91. The van der Waals surface area contributed by atoms with Crippen LogP contribution in [0.5, 0.6) is 0 Å². The minimum Gasteiger partial charge on any atom is -0.390 e. The van der Waals surface area contributed by atoms with Gasteiger partial charge in [0.2, 0.25) is 0 Å². The van der Waals surface area contributed by atoms with Gasteiger partial charge >= 0.3 is 0 Å². The molecule has 114 valence electrons. The van der Waals surface area contributed by atoms with Crippen LogP contribution in [0.15, 0.2) is 6.07 Å². The molecule has 0 amide bonds. The van der Waals surface area contributed by atoms with E-state index in [9.17, 15) is 5.11 Å². The minimum absolute atomic E-state index is 0.0319. The molecule has 0 saturated heterocycles. The van der Waals surface area contributed by atoms with Crippen LogP contribution in [0.2, 0.25) is 0 Å². The maximum Gasteiger partial charge on any atom is 0.0865 e. The highest BCUT2D eigenvalue weighted by molar-refractivity contribution is 5.10. The summed E-state index contributed by atoms with van der Waals surface area (Å²) in [6.07, 6.45) is 6.39. The molecular formula is C16H28N2O2. The third-order valence-corrected chi connectivity index (χ3v) is 4.37. The van der Waals surface area contributed by atoms with Gasteiger partial charge in [0, 0.05) is 25.8 Å². The Labute approximate surface area is 122 Å². The molecule has 1 N–H and O–H groups in total. The zero-order chi connectivity index (χ0) is 14.5. The van der Waals surface area contributed by atoms with Crippen LogP contribution in [-0.4, -0.2) is 33.7 Å². The lowest BCUT2D eigenvalue weighted by Gasteiger charge is -2.33. The van der Waals surface area contributed by atoms with E-state index in [2.05, 4.69) is 5.10 Å². The first-order chi connectivity index (χ1) is 9.61. The number of hydrogen-bond donors (Lipinski definition) is 1. The number of nitrogens with zero attached hydrogens (tertiary/aromatic N) is 2. The van der Waals surface area contributed by atoms with Crippen LogP contribution >= 0.6 is 0 Å². The first kappa shape index (κ1) is 15.5. The smallest absolute Gasteiger partial charge is 0.0865 e. The van der Waals surface area contributed by atoms with Crippen molar-refractivity contribution in [1.29, 1.82) is 0 Å². The number of aromatic nitrogens is 2. The predicted molar refractivity (Wildman–Crippen MR) is 79.6 cm³/mol. The fraction of sp³-hybridized carbons (Fsp3) is 0.812. The molecule has 0 aromatic carbocycles. The number of aliphatic hydroxyl groups is 1. The van der Waals surface area contributed by atoms with E-state index in [1.54, 1.807) is 0 Å². The Kier molecular flexibility index (Phi) is 5.61. The van der Waals surface area contributed by atoms with Crippen LogP contribution in [-0.2, 0) is 18.2 Å². The van der Waals surface area contributed by atoms with E-state index in [-0.39, 0.29) is 6.10 Å². The van der Waals surface area contributed by atoms with Crippen LogP contribution in [0.1, 0.15) is 50.4 Å². The van der Waals surface area contributed by atoms with E-state index in [0.717, 1.165) is 11.4 Å². The molecule has 2 unspecified atom stereocenters. The summed E-state index contributed by atoms with van der Waals surface area (Å²) in [6, 6.07) is 2.05. The first-order valence-electron chi connectivity index (χ1n) is 7.91. The molecule has 1 heterocycles. The van der Waals surface area contributed by atoms with Crippen molar-refractivity contribution < 1.29 is 9.84 Å². The number of ether oxygens (including phenoxy) is 1. The molecule has 4 heteroatoms. The Hall–Kier alpha value is -0.870. The van der Waals surface area contributed by atoms with Gasteiger partial charge in [0.25, 0.3) is 0 Å². The molecule has 20 heavy (non-hydrogen) atoms. The van der Waals surface area contributed by atoms with E-state index in [1.165, 1.54) is 32.1 Å². The average Bonchev–Trinajstić information content (AvgIpc) is 2.75. The van der Waals surface area contributed by atoms with Gasteiger partial charge in [-0.25, -0.2) is 0 Å².